The number of carbonyl (C=O) groups is 1. The molecule has 0 aliphatic carbocycles. The molecule has 1 aliphatic rings. The fraction of sp³-hybridized carbons (Fsp3) is 0.733. The minimum atomic E-state index is -0.0414. The summed E-state index contributed by atoms with van der Waals surface area (Å²) >= 11 is 0. The summed E-state index contributed by atoms with van der Waals surface area (Å²) in [6, 6.07) is 2.35. The number of nitrogens with zero attached hydrogens (tertiary/aromatic N) is 2. The number of nitrogens with one attached hydrogen (secondary N) is 2. The van der Waals surface area contributed by atoms with Gasteiger partial charge in [0.05, 0.1) is 24.4 Å². The van der Waals surface area contributed by atoms with E-state index in [1.165, 1.54) is 0 Å². The zero-order chi connectivity index (χ0) is 15.4. The van der Waals surface area contributed by atoms with Crippen molar-refractivity contribution >= 4 is 5.91 Å². The van der Waals surface area contributed by atoms with E-state index in [0.717, 1.165) is 12.1 Å². The van der Waals surface area contributed by atoms with Gasteiger partial charge in [0.2, 0.25) is 5.91 Å². The highest BCUT2D eigenvalue weighted by Gasteiger charge is 2.32. The molecule has 1 saturated heterocycles. The SMILES string of the molecule is CC(C)OC[C@H](C)N[C@@H]1CCC(=O)N[C@H]1c1ccnn1C. The van der Waals surface area contributed by atoms with Crippen molar-refractivity contribution in [2.24, 2.45) is 7.05 Å². The molecule has 1 fully saturated rings. The third-order valence-corrected chi connectivity index (χ3v) is 3.76. The molecule has 6 nitrogen and oxygen atoms in total. The largest absolute Gasteiger partial charge is 0.377 e. The van der Waals surface area contributed by atoms with E-state index in [-0.39, 0.29) is 30.1 Å². The molecule has 2 heterocycles. The van der Waals surface area contributed by atoms with E-state index in [4.69, 9.17) is 4.74 Å². The fourth-order valence-electron chi connectivity index (χ4n) is 2.70. The summed E-state index contributed by atoms with van der Waals surface area (Å²) < 4.78 is 7.47. The Kier molecular flexibility index (Phi) is 5.36. The second-order valence-corrected chi connectivity index (χ2v) is 6.02. The molecule has 0 bridgehead atoms. The first-order valence-electron chi connectivity index (χ1n) is 7.62. The van der Waals surface area contributed by atoms with Gasteiger partial charge in [0.25, 0.3) is 0 Å². The number of amides is 1. The van der Waals surface area contributed by atoms with Crippen LogP contribution >= 0.6 is 0 Å². The van der Waals surface area contributed by atoms with Crippen LogP contribution in [0.3, 0.4) is 0 Å². The minimum absolute atomic E-state index is 0.0414. The molecule has 1 aliphatic heterocycles. The predicted molar refractivity (Wildman–Crippen MR) is 80.8 cm³/mol. The summed E-state index contributed by atoms with van der Waals surface area (Å²) in [5.74, 6) is 0.102. The smallest absolute Gasteiger partial charge is 0.220 e. The maximum atomic E-state index is 11.7. The summed E-state index contributed by atoms with van der Waals surface area (Å²) in [5, 5.41) is 10.9. The lowest BCUT2D eigenvalue weighted by atomic mass is 9.94. The van der Waals surface area contributed by atoms with Crippen LogP contribution in [0.2, 0.25) is 0 Å². The number of carbonyl (C=O) groups excluding carboxylic acids is 1. The summed E-state index contributed by atoms with van der Waals surface area (Å²) in [6.07, 6.45) is 3.38. The van der Waals surface area contributed by atoms with Crippen LogP contribution in [-0.2, 0) is 16.6 Å². The van der Waals surface area contributed by atoms with Crippen LogP contribution in [0.15, 0.2) is 12.3 Å². The Balaban J connectivity index is 2.02. The molecule has 1 aromatic heterocycles. The van der Waals surface area contributed by atoms with Crippen LogP contribution in [0, 0.1) is 0 Å². The highest BCUT2D eigenvalue weighted by atomic mass is 16.5. The monoisotopic (exact) mass is 294 g/mol. The molecular formula is C15H26N4O2. The van der Waals surface area contributed by atoms with Gasteiger partial charge in [-0.3, -0.25) is 9.48 Å². The number of aryl methyl sites for hydroxylation is 1. The van der Waals surface area contributed by atoms with Crippen LogP contribution in [0.1, 0.15) is 45.3 Å². The Bertz CT molecular complexity index is 472. The quantitative estimate of drug-likeness (QED) is 0.825. The number of hydrogen-bond donors (Lipinski definition) is 2. The summed E-state index contributed by atoms with van der Waals surface area (Å²) in [7, 11) is 1.90. The van der Waals surface area contributed by atoms with Gasteiger partial charge in [-0.05, 0) is 33.3 Å². The van der Waals surface area contributed by atoms with Crippen LogP contribution in [0.4, 0.5) is 0 Å². The summed E-state index contributed by atoms with van der Waals surface area (Å²) in [5.41, 5.74) is 1.03. The van der Waals surface area contributed by atoms with Crippen molar-refractivity contribution in [3.63, 3.8) is 0 Å². The zero-order valence-electron chi connectivity index (χ0n) is 13.3. The lowest BCUT2D eigenvalue weighted by Crippen LogP contribution is -2.52. The average molecular weight is 294 g/mol. The Labute approximate surface area is 126 Å². The molecule has 21 heavy (non-hydrogen) atoms. The highest BCUT2D eigenvalue weighted by molar-refractivity contribution is 5.77. The molecule has 0 unspecified atom stereocenters. The first kappa shape index (κ1) is 16.0. The number of hydrogen-bond acceptors (Lipinski definition) is 4. The van der Waals surface area contributed by atoms with E-state index in [1.54, 1.807) is 6.20 Å². The standard InChI is InChI=1S/C15H26N4O2/c1-10(2)21-9-11(3)17-12-5-6-14(20)18-15(12)13-7-8-16-19(13)4/h7-8,10-12,15,17H,5-6,9H2,1-4H3,(H,18,20)/t11-,12+,15+/m0/s1. The van der Waals surface area contributed by atoms with Gasteiger partial charge >= 0.3 is 0 Å². The normalized spacial score (nSPS) is 24.1. The Morgan fingerprint density at radius 1 is 1.52 bits per heavy atom. The van der Waals surface area contributed by atoms with Crippen molar-refractivity contribution in [1.29, 1.82) is 0 Å². The van der Waals surface area contributed by atoms with Gasteiger partial charge in [0.15, 0.2) is 0 Å². The van der Waals surface area contributed by atoms with Gasteiger partial charge in [-0.2, -0.15) is 5.10 Å². The second-order valence-electron chi connectivity index (χ2n) is 6.02. The van der Waals surface area contributed by atoms with E-state index >= 15 is 0 Å². The number of ether oxygens (including phenoxy) is 1. The zero-order valence-corrected chi connectivity index (χ0v) is 13.3. The number of rotatable bonds is 6. The lowest BCUT2D eigenvalue weighted by molar-refractivity contribution is -0.124. The molecule has 0 aromatic carbocycles. The van der Waals surface area contributed by atoms with Gasteiger partial charge in [-0.1, -0.05) is 0 Å². The number of piperidine rings is 1. The van der Waals surface area contributed by atoms with Crippen molar-refractivity contribution in [3.8, 4) is 0 Å². The molecule has 2 rings (SSSR count). The molecule has 6 heteroatoms. The molecule has 1 aromatic rings. The van der Waals surface area contributed by atoms with Crippen molar-refractivity contribution in [1.82, 2.24) is 20.4 Å². The number of aromatic nitrogens is 2. The van der Waals surface area contributed by atoms with Crippen LogP contribution in [0.25, 0.3) is 0 Å². The highest BCUT2D eigenvalue weighted by Crippen LogP contribution is 2.24. The fourth-order valence-corrected chi connectivity index (χ4v) is 2.70. The van der Waals surface area contributed by atoms with E-state index in [0.29, 0.717) is 13.0 Å². The molecule has 0 radical (unpaired) electrons. The summed E-state index contributed by atoms with van der Waals surface area (Å²) in [6.45, 7) is 6.84. The van der Waals surface area contributed by atoms with Crippen LogP contribution in [-0.4, -0.2) is 40.5 Å². The molecule has 3 atom stereocenters. The maximum absolute atomic E-state index is 11.7. The van der Waals surface area contributed by atoms with Crippen LogP contribution < -0.4 is 10.6 Å². The topological polar surface area (TPSA) is 68.2 Å². The predicted octanol–water partition coefficient (Wildman–Crippen LogP) is 1.14. The van der Waals surface area contributed by atoms with Gasteiger partial charge in [-0.15, -0.1) is 0 Å². The molecular weight excluding hydrogens is 268 g/mol. The van der Waals surface area contributed by atoms with E-state index in [2.05, 4.69) is 22.7 Å². The summed E-state index contributed by atoms with van der Waals surface area (Å²) in [4.78, 5) is 11.7. The molecule has 0 spiro atoms. The van der Waals surface area contributed by atoms with Crippen molar-refractivity contribution in [2.75, 3.05) is 6.61 Å². The first-order valence-corrected chi connectivity index (χ1v) is 7.62. The Morgan fingerprint density at radius 3 is 2.90 bits per heavy atom. The van der Waals surface area contributed by atoms with Crippen molar-refractivity contribution in [3.05, 3.63) is 18.0 Å². The first-order chi connectivity index (χ1) is 9.97. The average Bonchev–Trinajstić information content (AvgIpc) is 2.84. The van der Waals surface area contributed by atoms with Gasteiger partial charge in [-0.25, -0.2) is 0 Å². The Hall–Kier alpha value is -1.40. The van der Waals surface area contributed by atoms with E-state index in [1.807, 2.05) is 31.6 Å². The molecule has 1 amide bonds. The van der Waals surface area contributed by atoms with Gasteiger partial charge in [0, 0.05) is 31.7 Å². The van der Waals surface area contributed by atoms with Crippen molar-refractivity contribution in [2.45, 2.75) is 57.8 Å². The maximum Gasteiger partial charge on any atom is 0.220 e. The molecule has 2 N–H and O–H groups in total. The second kappa shape index (κ2) is 7.04. The third kappa shape index (κ3) is 4.28. The lowest BCUT2D eigenvalue weighted by Gasteiger charge is -2.35. The van der Waals surface area contributed by atoms with E-state index < -0.39 is 0 Å². The Morgan fingerprint density at radius 2 is 2.29 bits per heavy atom. The molecule has 118 valence electrons. The van der Waals surface area contributed by atoms with Gasteiger partial charge < -0.3 is 15.4 Å². The van der Waals surface area contributed by atoms with Gasteiger partial charge in [0.1, 0.15) is 0 Å². The van der Waals surface area contributed by atoms with Crippen molar-refractivity contribution < 1.29 is 9.53 Å². The molecule has 0 saturated carbocycles. The third-order valence-electron chi connectivity index (χ3n) is 3.76. The van der Waals surface area contributed by atoms with Crippen LogP contribution in [0.5, 0.6) is 0 Å². The van der Waals surface area contributed by atoms with E-state index in [9.17, 15) is 4.79 Å². The minimum Gasteiger partial charge on any atom is -0.377 e.